The van der Waals surface area contributed by atoms with Crippen LogP contribution >= 0.6 is 11.6 Å². The monoisotopic (exact) mass is 287 g/mol. The van der Waals surface area contributed by atoms with Gasteiger partial charge in [-0.15, -0.1) is 0 Å². The molecular weight excluding hydrogens is 270 g/mol. The van der Waals surface area contributed by atoms with Crippen LogP contribution in [0.5, 0.6) is 5.75 Å². The predicted octanol–water partition coefficient (Wildman–Crippen LogP) is 4.86. The molecule has 2 nitrogen and oxygen atoms in total. The Bertz CT molecular complexity index is 581. The first kappa shape index (κ1) is 14.5. The summed E-state index contributed by atoms with van der Waals surface area (Å²) in [5, 5.41) is 4.01. The highest BCUT2D eigenvalue weighted by molar-refractivity contribution is 6.30. The maximum atomic E-state index is 5.93. The van der Waals surface area contributed by atoms with Crippen LogP contribution in [0.25, 0.3) is 6.08 Å². The van der Waals surface area contributed by atoms with Gasteiger partial charge in [0.05, 0.1) is 0 Å². The van der Waals surface area contributed by atoms with E-state index in [1.165, 1.54) is 0 Å². The smallest absolute Gasteiger partial charge is 0.126 e. The van der Waals surface area contributed by atoms with E-state index in [2.05, 4.69) is 5.32 Å². The molecule has 0 heterocycles. The fraction of sp³-hybridized carbons (Fsp3) is 0.176. The lowest BCUT2D eigenvalue weighted by Gasteiger charge is -2.10. The van der Waals surface area contributed by atoms with Crippen molar-refractivity contribution in [2.75, 3.05) is 18.5 Å². The number of nitrogens with one attached hydrogen (secondary N) is 1. The summed E-state index contributed by atoms with van der Waals surface area (Å²) in [4.78, 5) is 0. The molecule has 0 aromatic heterocycles. The van der Waals surface area contributed by atoms with Gasteiger partial charge in [-0.3, -0.25) is 0 Å². The predicted molar refractivity (Wildman–Crippen MR) is 86.6 cm³/mol. The molecule has 0 fully saturated rings. The number of halogens is 1. The SMILES string of the molecule is CC=Cc1ccccc1OCCNc1cccc(Cl)c1. The number of hydrogen-bond acceptors (Lipinski definition) is 2. The summed E-state index contributed by atoms with van der Waals surface area (Å²) in [6.07, 6.45) is 4.05. The van der Waals surface area contributed by atoms with Crippen molar-refractivity contribution in [2.24, 2.45) is 0 Å². The number of ether oxygens (including phenoxy) is 1. The number of para-hydroxylation sites is 1. The molecule has 0 amide bonds. The molecule has 0 bridgehead atoms. The van der Waals surface area contributed by atoms with E-state index in [-0.39, 0.29) is 0 Å². The van der Waals surface area contributed by atoms with Crippen LogP contribution in [0.4, 0.5) is 5.69 Å². The second-order valence-electron chi connectivity index (χ2n) is 4.32. The largest absolute Gasteiger partial charge is 0.491 e. The Morgan fingerprint density at radius 1 is 1.15 bits per heavy atom. The molecule has 0 radical (unpaired) electrons. The van der Waals surface area contributed by atoms with E-state index in [9.17, 15) is 0 Å². The van der Waals surface area contributed by atoms with Gasteiger partial charge >= 0.3 is 0 Å². The molecule has 0 aliphatic heterocycles. The lowest BCUT2D eigenvalue weighted by atomic mass is 10.2. The van der Waals surface area contributed by atoms with Crippen LogP contribution in [0, 0.1) is 0 Å². The van der Waals surface area contributed by atoms with Gasteiger partial charge in [0.2, 0.25) is 0 Å². The minimum atomic E-state index is 0.598. The van der Waals surface area contributed by atoms with E-state index in [1.54, 1.807) is 0 Å². The molecule has 0 aliphatic carbocycles. The standard InChI is InChI=1S/C17H18ClNO/c1-2-6-14-7-3-4-10-17(14)20-12-11-19-16-9-5-8-15(18)13-16/h2-10,13,19H,11-12H2,1H3. The first-order valence-corrected chi connectivity index (χ1v) is 7.01. The van der Waals surface area contributed by atoms with E-state index in [4.69, 9.17) is 16.3 Å². The molecule has 1 N–H and O–H groups in total. The molecule has 2 rings (SSSR count). The molecule has 0 spiro atoms. The summed E-state index contributed by atoms with van der Waals surface area (Å²) in [6.45, 7) is 3.32. The quantitative estimate of drug-likeness (QED) is 0.766. The normalized spacial score (nSPS) is 10.7. The van der Waals surface area contributed by atoms with Gasteiger partial charge in [-0.05, 0) is 31.2 Å². The molecular formula is C17H18ClNO. The van der Waals surface area contributed by atoms with Crippen LogP contribution in [0.15, 0.2) is 54.6 Å². The van der Waals surface area contributed by atoms with Crippen molar-refractivity contribution in [1.29, 1.82) is 0 Å². The minimum Gasteiger partial charge on any atom is -0.491 e. The van der Waals surface area contributed by atoms with Gasteiger partial charge in [0.15, 0.2) is 0 Å². The zero-order valence-electron chi connectivity index (χ0n) is 11.5. The Balaban J connectivity index is 1.84. The van der Waals surface area contributed by atoms with Crippen molar-refractivity contribution < 1.29 is 4.74 Å². The van der Waals surface area contributed by atoms with Crippen molar-refractivity contribution in [3.8, 4) is 5.75 Å². The van der Waals surface area contributed by atoms with Gasteiger partial charge in [-0.2, -0.15) is 0 Å². The number of anilines is 1. The molecule has 2 aromatic carbocycles. The minimum absolute atomic E-state index is 0.598. The molecule has 20 heavy (non-hydrogen) atoms. The van der Waals surface area contributed by atoms with Crippen molar-refractivity contribution in [3.05, 3.63) is 65.2 Å². The Morgan fingerprint density at radius 2 is 2.00 bits per heavy atom. The molecule has 104 valence electrons. The summed E-state index contributed by atoms with van der Waals surface area (Å²) in [7, 11) is 0. The second-order valence-corrected chi connectivity index (χ2v) is 4.76. The number of allylic oxidation sites excluding steroid dienone is 1. The van der Waals surface area contributed by atoms with Crippen molar-refractivity contribution in [1.82, 2.24) is 0 Å². The summed E-state index contributed by atoms with van der Waals surface area (Å²) < 4.78 is 5.79. The summed E-state index contributed by atoms with van der Waals surface area (Å²) >= 11 is 5.93. The zero-order valence-corrected chi connectivity index (χ0v) is 12.2. The molecule has 0 unspecified atom stereocenters. The van der Waals surface area contributed by atoms with Crippen LogP contribution in [0.2, 0.25) is 5.02 Å². The fourth-order valence-corrected chi connectivity index (χ4v) is 2.07. The van der Waals surface area contributed by atoms with Crippen LogP contribution in [-0.4, -0.2) is 13.2 Å². The highest BCUT2D eigenvalue weighted by Crippen LogP contribution is 2.19. The highest BCUT2D eigenvalue weighted by atomic mass is 35.5. The summed E-state index contributed by atoms with van der Waals surface area (Å²) in [5.74, 6) is 0.901. The van der Waals surface area contributed by atoms with Gasteiger partial charge in [0, 0.05) is 22.8 Å². The molecule has 0 saturated carbocycles. The van der Waals surface area contributed by atoms with E-state index < -0.39 is 0 Å². The molecule has 3 heteroatoms. The van der Waals surface area contributed by atoms with Crippen molar-refractivity contribution in [2.45, 2.75) is 6.92 Å². The van der Waals surface area contributed by atoms with Gasteiger partial charge in [-0.25, -0.2) is 0 Å². The summed E-state index contributed by atoms with van der Waals surface area (Å²) in [6, 6.07) is 15.7. The molecule has 2 aromatic rings. The molecule has 0 atom stereocenters. The number of rotatable bonds is 6. The fourth-order valence-electron chi connectivity index (χ4n) is 1.88. The third kappa shape index (κ3) is 4.32. The average Bonchev–Trinajstić information content (AvgIpc) is 2.46. The van der Waals surface area contributed by atoms with E-state index in [1.807, 2.05) is 67.6 Å². The Morgan fingerprint density at radius 3 is 2.80 bits per heavy atom. The van der Waals surface area contributed by atoms with Gasteiger partial charge in [0.25, 0.3) is 0 Å². The second kappa shape index (κ2) is 7.61. The summed E-state index contributed by atoms with van der Waals surface area (Å²) in [5.41, 5.74) is 2.10. The van der Waals surface area contributed by atoms with Gasteiger partial charge in [-0.1, -0.05) is 48.0 Å². The van der Waals surface area contributed by atoms with Crippen molar-refractivity contribution >= 4 is 23.4 Å². The zero-order chi connectivity index (χ0) is 14.2. The Labute approximate surface area is 125 Å². The highest BCUT2D eigenvalue weighted by Gasteiger charge is 1.99. The third-order valence-electron chi connectivity index (χ3n) is 2.78. The van der Waals surface area contributed by atoms with Gasteiger partial charge in [0.1, 0.15) is 12.4 Å². The first-order valence-electron chi connectivity index (χ1n) is 6.63. The van der Waals surface area contributed by atoms with Crippen LogP contribution in [-0.2, 0) is 0 Å². The van der Waals surface area contributed by atoms with Gasteiger partial charge < -0.3 is 10.1 Å². The third-order valence-corrected chi connectivity index (χ3v) is 3.01. The Hall–Kier alpha value is -1.93. The van der Waals surface area contributed by atoms with E-state index in [0.717, 1.165) is 28.6 Å². The maximum Gasteiger partial charge on any atom is 0.126 e. The van der Waals surface area contributed by atoms with E-state index in [0.29, 0.717) is 6.61 Å². The van der Waals surface area contributed by atoms with Crippen LogP contribution in [0.1, 0.15) is 12.5 Å². The van der Waals surface area contributed by atoms with Crippen molar-refractivity contribution in [3.63, 3.8) is 0 Å². The maximum absolute atomic E-state index is 5.93. The first-order chi connectivity index (χ1) is 9.79. The average molecular weight is 288 g/mol. The topological polar surface area (TPSA) is 21.3 Å². The van der Waals surface area contributed by atoms with E-state index >= 15 is 0 Å². The Kier molecular flexibility index (Phi) is 5.51. The van der Waals surface area contributed by atoms with Crippen LogP contribution < -0.4 is 10.1 Å². The van der Waals surface area contributed by atoms with Crippen LogP contribution in [0.3, 0.4) is 0 Å². The lowest BCUT2D eigenvalue weighted by molar-refractivity contribution is 0.332. The molecule has 0 saturated heterocycles. The lowest BCUT2D eigenvalue weighted by Crippen LogP contribution is -2.11. The number of hydrogen-bond donors (Lipinski definition) is 1. The molecule has 0 aliphatic rings. The number of benzene rings is 2.